The van der Waals surface area contributed by atoms with Crippen LogP contribution in [-0.2, 0) is 4.74 Å². The van der Waals surface area contributed by atoms with Crippen LogP contribution in [0.2, 0.25) is 0 Å². The standard InChI is InChI=1S/C9H8N2O3S/c1-14-9(13)10-11-8(12)6-4-2-3-5-7(6)15-11/h2-5H,1H3,(H,10,13). The van der Waals surface area contributed by atoms with E-state index in [9.17, 15) is 9.59 Å². The molecule has 1 aromatic heterocycles. The third-order valence-corrected chi connectivity index (χ3v) is 2.86. The first-order valence-corrected chi connectivity index (χ1v) is 4.96. The van der Waals surface area contributed by atoms with E-state index < -0.39 is 6.09 Å². The highest BCUT2D eigenvalue weighted by Gasteiger charge is 2.08. The number of hydrogen-bond acceptors (Lipinski definition) is 4. The van der Waals surface area contributed by atoms with Crippen LogP contribution >= 0.6 is 11.5 Å². The van der Waals surface area contributed by atoms with Crippen LogP contribution in [0.1, 0.15) is 0 Å². The molecule has 0 fully saturated rings. The normalized spacial score (nSPS) is 10.2. The van der Waals surface area contributed by atoms with Crippen LogP contribution in [0.5, 0.6) is 0 Å². The van der Waals surface area contributed by atoms with Crippen molar-refractivity contribution in [3.05, 3.63) is 34.6 Å². The first kappa shape index (κ1) is 9.72. The van der Waals surface area contributed by atoms with Crippen LogP contribution in [0.25, 0.3) is 10.1 Å². The Morgan fingerprint density at radius 3 is 2.87 bits per heavy atom. The first-order valence-electron chi connectivity index (χ1n) is 4.18. The van der Waals surface area contributed by atoms with Crippen LogP contribution < -0.4 is 11.0 Å². The lowest BCUT2D eigenvalue weighted by atomic mass is 10.3. The van der Waals surface area contributed by atoms with E-state index in [0.29, 0.717) is 5.39 Å². The molecule has 0 bridgehead atoms. The van der Waals surface area contributed by atoms with Gasteiger partial charge < -0.3 is 4.74 Å². The number of fused-ring (bicyclic) bond motifs is 1. The third kappa shape index (κ3) is 1.71. The summed E-state index contributed by atoms with van der Waals surface area (Å²) in [5.74, 6) is 0. The summed E-state index contributed by atoms with van der Waals surface area (Å²) in [6, 6.07) is 7.14. The average Bonchev–Trinajstić information content (AvgIpc) is 2.57. The molecule has 0 saturated heterocycles. The van der Waals surface area contributed by atoms with Crippen molar-refractivity contribution in [1.82, 2.24) is 4.07 Å². The number of nitrogens with one attached hydrogen (secondary N) is 1. The molecule has 0 saturated carbocycles. The molecule has 1 N–H and O–H groups in total. The van der Waals surface area contributed by atoms with Crippen LogP contribution in [-0.4, -0.2) is 17.3 Å². The van der Waals surface area contributed by atoms with Gasteiger partial charge in [0.25, 0.3) is 5.56 Å². The zero-order chi connectivity index (χ0) is 10.8. The zero-order valence-electron chi connectivity index (χ0n) is 7.89. The van der Waals surface area contributed by atoms with Crippen molar-refractivity contribution in [3.8, 4) is 0 Å². The molecule has 0 spiro atoms. The number of ether oxygens (including phenoxy) is 1. The predicted octanol–water partition coefficient (Wildman–Crippen LogP) is 1.37. The summed E-state index contributed by atoms with van der Waals surface area (Å²) in [6.07, 6.45) is -0.663. The molecule has 1 aromatic carbocycles. The summed E-state index contributed by atoms with van der Waals surface area (Å²) in [4.78, 5) is 22.6. The van der Waals surface area contributed by atoms with Crippen molar-refractivity contribution >= 4 is 27.7 Å². The van der Waals surface area contributed by atoms with Crippen molar-refractivity contribution in [2.45, 2.75) is 0 Å². The van der Waals surface area contributed by atoms with Crippen molar-refractivity contribution in [2.75, 3.05) is 12.5 Å². The minimum absolute atomic E-state index is 0.249. The summed E-state index contributed by atoms with van der Waals surface area (Å²) in [5, 5.41) is 0.582. The molecule has 6 heteroatoms. The number of methoxy groups -OCH3 is 1. The average molecular weight is 224 g/mol. The minimum Gasteiger partial charge on any atom is -0.452 e. The summed E-state index contributed by atoms with van der Waals surface area (Å²) >= 11 is 1.16. The summed E-state index contributed by atoms with van der Waals surface area (Å²) in [6.45, 7) is 0. The summed E-state index contributed by atoms with van der Waals surface area (Å²) in [5.41, 5.74) is 2.06. The number of rotatable bonds is 1. The lowest BCUT2D eigenvalue weighted by Crippen LogP contribution is -2.28. The monoisotopic (exact) mass is 224 g/mol. The largest absolute Gasteiger partial charge is 0.452 e. The number of aromatic nitrogens is 1. The molecule has 0 aliphatic heterocycles. The SMILES string of the molecule is COC(=O)Nn1sc2ccccc2c1=O. The maximum atomic E-state index is 11.7. The molecule has 0 atom stereocenters. The molecule has 15 heavy (non-hydrogen) atoms. The number of benzene rings is 1. The Hall–Kier alpha value is -1.82. The first-order chi connectivity index (χ1) is 7.22. The summed E-state index contributed by atoms with van der Waals surface area (Å²) in [7, 11) is 1.24. The maximum Gasteiger partial charge on any atom is 0.426 e. The van der Waals surface area contributed by atoms with Crippen molar-refractivity contribution in [3.63, 3.8) is 0 Å². The second-order valence-corrected chi connectivity index (χ2v) is 3.78. The predicted molar refractivity (Wildman–Crippen MR) is 57.9 cm³/mol. The number of carbonyl (C=O) groups is 1. The van der Waals surface area contributed by atoms with Gasteiger partial charge >= 0.3 is 6.09 Å². The van der Waals surface area contributed by atoms with Gasteiger partial charge in [0.05, 0.1) is 17.2 Å². The van der Waals surface area contributed by atoms with Gasteiger partial charge in [-0.05, 0) is 23.7 Å². The molecule has 1 amide bonds. The minimum atomic E-state index is -0.663. The Kier molecular flexibility index (Phi) is 2.42. The fourth-order valence-corrected chi connectivity index (χ4v) is 2.07. The molecule has 0 aliphatic carbocycles. The topological polar surface area (TPSA) is 60.3 Å². The number of amides is 1. The van der Waals surface area contributed by atoms with E-state index in [2.05, 4.69) is 10.2 Å². The van der Waals surface area contributed by atoms with E-state index >= 15 is 0 Å². The third-order valence-electron chi connectivity index (χ3n) is 1.87. The van der Waals surface area contributed by atoms with Gasteiger partial charge in [-0.1, -0.05) is 12.1 Å². The maximum absolute atomic E-state index is 11.7. The zero-order valence-corrected chi connectivity index (χ0v) is 8.71. The Bertz CT molecular complexity index is 558. The number of hydrogen-bond donors (Lipinski definition) is 1. The van der Waals surface area contributed by atoms with Gasteiger partial charge in [0.1, 0.15) is 0 Å². The molecule has 0 unspecified atom stereocenters. The van der Waals surface area contributed by atoms with Crippen LogP contribution in [0, 0.1) is 0 Å². The molecule has 2 aromatic rings. The van der Waals surface area contributed by atoms with Crippen LogP contribution in [0.4, 0.5) is 4.79 Å². The van der Waals surface area contributed by atoms with Gasteiger partial charge in [0, 0.05) is 0 Å². The van der Waals surface area contributed by atoms with Gasteiger partial charge in [0.2, 0.25) is 0 Å². The lowest BCUT2D eigenvalue weighted by Gasteiger charge is -2.00. The number of nitrogens with zero attached hydrogens (tertiary/aromatic N) is 1. The van der Waals surface area contributed by atoms with E-state index in [0.717, 1.165) is 20.3 Å². The summed E-state index contributed by atoms with van der Waals surface area (Å²) < 4.78 is 6.37. The van der Waals surface area contributed by atoms with E-state index in [1.807, 2.05) is 12.1 Å². The van der Waals surface area contributed by atoms with Gasteiger partial charge in [-0.2, -0.15) is 4.07 Å². The van der Waals surface area contributed by atoms with E-state index in [4.69, 9.17) is 0 Å². The van der Waals surface area contributed by atoms with Gasteiger partial charge in [-0.15, -0.1) is 0 Å². The molecule has 0 aliphatic rings. The Balaban J connectivity index is 2.49. The smallest absolute Gasteiger partial charge is 0.426 e. The number of carbonyl (C=O) groups excluding carboxylic acids is 1. The van der Waals surface area contributed by atoms with Gasteiger partial charge in [-0.3, -0.25) is 4.79 Å². The fourth-order valence-electron chi connectivity index (χ4n) is 1.17. The van der Waals surface area contributed by atoms with Crippen molar-refractivity contribution < 1.29 is 9.53 Å². The van der Waals surface area contributed by atoms with E-state index in [1.165, 1.54) is 7.11 Å². The Labute approximate surface area is 89.0 Å². The second kappa shape index (κ2) is 3.74. The fraction of sp³-hybridized carbons (Fsp3) is 0.111. The highest BCUT2D eigenvalue weighted by atomic mass is 32.1. The molecule has 1 heterocycles. The van der Waals surface area contributed by atoms with Gasteiger partial charge in [0.15, 0.2) is 0 Å². The Morgan fingerprint density at radius 1 is 1.47 bits per heavy atom. The van der Waals surface area contributed by atoms with Crippen molar-refractivity contribution in [2.24, 2.45) is 0 Å². The second-order valence-electron chi connectivity index (χ2n) is 2.79. The highest BCUT2D eigenvalue weighted by molar-refractivity contribution is 7.14. The van der Waals surface area contributed by atoms with E-state index in [-0.39, 0.29) is 5.56 Å². The lowest BCUT2D eigenvalue weighted by molar-refractivity contribution is 0.183. The van der Waals surface area contributed by atoms with Gasteiger partial charge in [-0.25, -0.2) is 10.2 Å². The molecule has 78 valence electrons. The molecule has 2 rings (SSSR count). The quantitative estimate of drug-likeness (QED) is 0.795. The molecule has 5 nitrogen and oxygen atoms in total. The van der Waals surface area contributed by atoms with Crippen LogP contribution in [0.3, 0.4) is 0 Å². The molecular weight excluding hydrogens is 216 g/mol. The highest BCUT2D eigenvalue weighted by Crippen LogP contribution is 2.14. The Morgan fingerprint density at radius 2 is 2.20 bits per heavy atom. The van der Waals surface area contributed by atoms with E-state index in [1.54, 1.807) is 12.1 Å². The van der Waals surface area contributed by atoms with Crippen LogP contribution in [0.15, 0.2) is 29.1 Å². The molecular formula is C9H8N2O3S. The van der Waals surface area contributed by atoms with Crippen molar-refractivity contribution in [1.29, 1.82) is 0 Å². The molecule has 0 radical (unpaired) electrons.